The summed E-state index contributed by atoms with van der Waals surface area (Å²) in [6.45, 7) is 1.05. The Morgan fingerprint density at radius 2 is 1.81 bits per heavy atom. The number of halogens is 1. The first-order valence-electron chi connectivity index (χ1n) is 7.12. The summed E-state index contributed by atoms with van der Waals surface area (Å²) in [6.07, 6.45) is 2.08. The van der Waals surface area contributed by atoms with Crippen molar-refractivity contribution in [1.82, 2.24) is 0 Å². The average Bonchev–Trinajstić information content (AvgIpc) is 2.85. The molecule has 3 nitrogen and oxygen atoms in total. The number of aryl methyl sites for hydroxylation is 1. The Hall–Kier alpha value is -1.52. The van der Waals surface area contributed by atoms with E-state index in [1.165, 1.54) is 11.1 Å². The van der Waals surface area contributed by atoms with E-state index in [-0.39, 0.29) is 6.04 Å². The molecule has 0 fully saturated rings. The summed E-state index contributed by atoms with van der Waals surface area (Å²) in [5, 5.41) is 0. The van der Waals surface area contributed by atoms with E-state index in [2.05, 4.69) is 28.1 Å². The maximum Gasteiger partial charge on any atom is 0.122 e. The van der Waals surface area contributed by atoms with Gasteiger partial charge in [-0.05, 0) is 54.3 Å². The Bertz CT molecular complexity index is 630. The van der Waals surface area contributed by atoms with E-state index < -0.39 is 0 Å². The van der Waals surface area contributed by atoms with Crippen molar-refractivity contribution in [3.8, 4) is 11.5 Å². The van der Waals surface area contributed by atoms with Crippen LogP contribution in [0.4, 0.5) is 0 Å². The molecule has 1 aliphatic rings. The summed E-state index contributed by atoms with van der Waals surface area (Å²) in [7, 11) is 0. The normalized spacial score (nSPS) is 16.6. The second-order valence-electron chi connectivity index (χ2n) is 5.16. The quantitative estimate of drug-likeness (QED) is 0.835. The molecule has 2 aromatic carbocycles. The molecule has 0 unspecified atom stereocenters. The third kappa shape index (κ3) is 3.57. The van der Waals surface area contributed by atoms with Crippen LogP contribution in [-0.4, -0.2) is 13.2 Å². The van der Waals surface area contributed by atoms with Gasteiger partial charge in [-0.1, -0.05) is 28.1 Å². The lowest BCUT2D eigenvalue weighted by molar-refractivity contribution is 0.217. The lowest BCUT2D eigenvalue weighted by atomic mass is 10.1. The topological polar surface area (TPSA) is 44.5 Å². The molecule has 0 aliphatic heterocycles. The van der Waals surface area contributed by atoms with Crippen LogP contribution in [0.3, 0.4) is 0 Å². The summed E-state index contributed by atoms with van der Waals surface area (Å²) in [4.78, 5) is 0. The Balaban J connectivity index is 1.50. The third-order valence-corrected chi connectivity index (χ3v) is 4.15. The fourth-order valence-electron chi connectivity index (χ4n) is 2.59. The number of ether oxygens (including phenoxy) is 2. The second kappa shape index (κ2) is 6.50. The summed E-state index contributed by atoms with van der Waals surface area (Å²) in [6, 6.07) is 14.1. The first kappa shape index (κ1) is 14.4. The molecule has 0 bridgehead atoms. The van der Waals surface area contributed by atoms with Crippen LogP contribution in [0.15, 0.2) is 46.9 Å². The SMILES string of the molecule is N[C@@H]1CCc2cc(OCCOc3cccc(Br)c3)ccc21. The molecule has 4 heteroatoms. The monoisotopic (exact) mass is 347 g/mol. The van der Waals surface area contributed by atoms with Gasteiger partial charge in [-0.3, -0.25) is 0 Å². The third-order valence-electron chi connectivity index (χ3n) is 3.66. The van der Waals surface area contributed by atoms with Crippen molar-refractivity contribution in [2.24, 2.45) is 5.73 Å². The number of benzene rings is 2. The summed E-state index contributed by atoms with van der Waals surface area (Å²) < 4.78 is 12.4. The highest BCUT2D eigenvalue weighted by Crippen LogP contribution is 2.31. The Morgan fingerprint density at radius 3 is 2.57 bits per heavy atom. The molecule has 0 heterocycles. The minimum atomic E-state index is 0.189. The van der Waals surface area contributed by atoms with Gasteiger partial charge >= 0.3 is 0 Å². The van der Waals surface area contributed by atoms with E-state index in [1.54, 1.807) is 0 Å². The van der Waals surface area contributed by atoms with Crippen LogP contribution in [0.1, 0.15) is 23.6 Å². The summed E-state index contributed by atoms with van der Waals surface area (Å²) in [5.41, 5.74) is 8.60. The van der Waals surface area contributed by atoms with Gasteiger partial charge in [0.05, 0.1) is 0 Å². The van der Waals surface area contributed by atoms with Crippen molar-refractivity contribution in [2.75, 3.05) is 13.2 Å². The summed E-state index contributed by atoms with van der Waals surface area (Å²) in [5.74, 6) is 1.73. The molecule has 2 aromatic rings. The fraction of sp³-hybridized carbons (Fsp3) is 0.294. The van der Waals surface area contributed by atoms with Gasteiger partial charge < -0.3 is 15.2 Å². The largest absolute Gasteiger partial charge is 0.490 e. The van der Waals surface area contributed by atoms with Gasteiger partial charge in [-0.25, -0.2) is 0 Å². The Kier molecular flexibility index (Phi) is 4.46. The molecule has 1 atom stereocenters. The molecule has 0 radical (unpaired) electrons. The minimum absolute atomic E-state index is 0.189. The van der Waals surface area contributed by atoms with Gasteiger partial charge in [0.25, 0.3) is 0 Å². The van der Waals surface area contributed by atoms with Gasteiger partial charge in [-0.15, -0.1) is 0 Å². The molecule has 0 spiro atoms. The Morgan fingerprint density at radius 1 is 1.05 bits per heavy atom. The predicted molar refractivity (Wildman–Crippen MR) is 86.8 cm³/mol. The van der Waals surface area contributed by atoms with Crippen molar-refractivity contribution < 1.29 is 9.47 Å². The Labute approximate surface area is 133 Å². The zero-order valence-corrected chi connectivity index (χ0v) is 13.3. The fourth-order valence-corrected chi connectivity index (χ4v) is 2.97. The highest BCUT2D eigenvalue weighted by Gasteiger charge is 2.18. The molecule has 0 saturated heterocycles. The van der Waals surface area contributed by atoms with Crippen LogP contribution in [0.2, 0.25) is 0 Å². The molecular formula is C17H18BrNO2. The van der Waals surface area contributed by atoms with Gasteiger partial charge in [0, 0.05) is 10.5 Å². The van der Waals surface area contributed by atoms with Crippen LogP contribution in [0, 0.1) is 0 Å². The molecule has 110 valence electrons. The average molecular weight is 348 g/mol. The molecule has 0 aromatic heterocycles. The first-order valence-corrected chi connectivity index (χ1v) is 7.91. The van der Waals surface area contributed by atoms with Crippen LogP contribution >= 0.6 is 15.9 Å². The lowest BCUT2D eigenvalue weighted by Gasteiger charge is -2.10. The van der Waals surface area contributed by atoms with Crippen molar-refractivity contribution in [3.63, 3.8) is 0 Å². The molecule has 21 heavy (non-hydrogen) atoms. The van der Waals surface area contributed by atoms with Gasteiger partial charge in [0.1, 0.15) is 24.7 Å². The van der Waals surface area contributed by atoms with Crippen LogP contribution in [0.25, 0.3) is 0 Å². The van der Waals surface area contributed by atoms with E-state index in [0.717, 1.165) is 28.8 Å². The molecular weight excluding hydrogens is 330 g/mol. The molecule has 0 amide bonds. The molecule has 3 rings (SSSR count). The van der Waals surface area contributed by atoms with E-state index in [9.17, 15) is 0 Å². The number of rotatable bonds is 5. The van der Waals surface area contributed by atoms with Crippen LogP contribution < -0.4 is 15.2 Å². The predicted octanol–water partition coefficient (Wildman–Crippen LogP) is 3.85. The first-order chi connectivity index (χ1) is 10.2. The van der Waals surface area contributed by atoms with Crippen molar-refractivity contribution in [2.45, 2.75) is 18.9 Å². The van der Waals surface area contributed by atoms with E-state index in [4.69, 9.17) is 15.2 Å². The van der Waals surface area contributed by atoms with Gasteiger partial charge in [-0.2, -0.15) is 0 Å². The maximum atomic E-state index is 6.03. The van der Waals surface area contributed by atoms with E-state index >= 15 is 0 Å². The lowest BCUT2D eigenvalue weighted by Crippen LogP contribution is -2.09. The zero-order chi connectivity index (χ0) is 14.7. The standard InChI is InChI=1S/C17H18BrNO2/c18-13-2-1-3-14(11-13)20-8-9-21-15-5-6-16-12(10-15)4-7-17(16)19/h1-3,5-6,10-11,17H,4,7-9,19H2/t17-/m1/s1. The second-order valence-corrected chi connectivity index (χ2v) is 6.08. The highest BCUT2D eigenvalue weighted by molar-refractivity contribution is 9.10. The van der Waals surface area contributed by atoms with Gasteiger partial charge in [0.2, 0.25) is 0 Å². The number of nitrogens with two attached hydrogens (primary N) is 1. The van der Waals surface area contributed by atoms with Crippen LogP contribution in [-0.2, 0) is 6.42 Å². The maximum absolute atomic E-state index is 6.03. The molecule has 2 N–H and O–H groups in total. The van der Waals surface area contributed by atoms with Crippen molar-refractivity contribution >= 4 is 15.9 Å². The highest BCUT2D eigenvalue weighted by atomic mass is 79.9. The smallest absolute Gasteiger partial charge is 0.122 e. The minimum Gasteiger partial charge on any atom is -0.490 e. The summed E-state index contributed by atoms with van der Waals surface area (Å²) >= 11 is 3.42. The molecule has 0 saturated carbocycles. The van der Waals surface area contributed by atoms with Crippen molar-refractivity contribution in [1.29, 1.82) is 0 Å². The van der Waals surface area contributed by atoms with Gasteiger partial charge in [0.15, 0.2) is 0 Å². The van der Waals surface area contributed by atoms with E-state index in [0.29, 0.717) is 13.2 Å². The molecule has 1 aliphatic carbocycles. The number of fused-ring (bicyclic) bond motifs is 1. The number of hydrogen-bond donors (Lipinski definition) is 1. The zero-order valence-electron chi connectivity index (χ0n) is 11.7. The van der Waals surface area contributed by atoms with E-state index in [1.807, 2.05) is 30.3 Å². The number of hydrogen-bond acceptors (Lipinski definition) is 3. The van der Waals surface area contributed by atoms with Crippen LogP contribution in [0.5, 0.6) is 11.5 Å². The van der Waals surface area contributed by atoms with Crippen molar-refractivity contribution in [3.05, 3.63) is 58.1 Å².